The summed E-state index contributed by atoms with van der Waals surface area (Å²) in [6, 6.07) is 8.53. The van der Waals surface area contributed by atoms with E-state index in [-0.39, 0.29) is 5.82 Å². The fourth-order valence-electron chi connectivity index (χ4n) is 1.76. The Hall–Kier alpha value is -2.96. The van der Waals surface area contributed by atoms with Crippen molar-refractivity contribution in [3.63, 3.8) is 0 Å². The van der Waals surface area contributed by atoms with Gasteiger partial charge in [-0.2, -0.15) is 5.10 Å². The standard InChI is InChI=1S/C13H10FN5O/c14-9-3-5-10(6-4-9)17-13(20)18-11-2-1-7-19-12(11)15-8-16-19/h1-8H,(H2,17,18,20). The topological polar surface area (TPSA) is 71.3 Å². The number of hydrogen-bond acceptors (Lipinski definition) is 3. The van der Waals surface area contributed by atoms with Gasteiger partial charge in [0, 0.05) is 11.9 Å². The van der Waals surface area contributed by atoms with Crippen LogP contribution in [0.25, 0.3) is 5.65 Å². The molecule has 0 bridgehead atoms. The minimum atomic E-state index is -0.437. The molecule has 2 N–H and O–H groups in total. The van der Waals surface area contributed by atoms with Crippen LogP contribution in [-0.4, -0.2) is 20.6 Å². The van der Waals surface area contributed by atoms with Gasteiger partial charge in [-0.15, -0.1) is 0 Å². The summed E-state index contributed by atoms with van der Waals surface area (Å²) in [5, 5.41) is 9.24. The van der Waals surface area contributed by atoms with Gasteiger partial charge in [0.05, 0.1) is 5.69 Å². The fourth-order valence-corrected chi connectivity index (χ4v) is 1.76. The number of amides is 2. The Kier molecular flexibility index (Phi) is 3.00. The van der Waals surface area contributed by atoms with Crippen molar-refractivity contribution in [3.8, 4) is 0 Å². The molecule has 3 aromatic rings. The second-order valence-electron chi connectivity index (χ2n) is 4.04. The van der Waals surface area contributed by atoms with Crippen molar-refractivity contribution in [3.05, 3.63) is 54.7 Å². The average Bonchev–Trinajstić information content (AvgIpc) is 2.91. The van der Waals surface area contributed by atoms with Crippen LogP contribution >= 0.6 is 0 Å². The van der Waals surface area contributed by atoms with Crippen molar-refractivity contribution in [1.82, 2.24) is 14.6 Å². The molecule has 0 aliphatic heterocycles. The van der Waals surface area contributed by atoms with Crippen LogP contribution in [0.15, 0.2) is 48.9 Å². The molecule has 0 aliphatic carbocycles. The predicted octanol–water partition coefficient (Wildman–Crippen LogP) is 2.51. The number of halogens is 1. The molecule has 2 aromatic heterocycles. The van der Waals surface area contributed by atoms with Gasteiger partial charge in [0.2, 0.25) is 0 Å². The lowest BCUT2D eigenvalue weighted by molar-refractivity contribution is 0.262. The Bertz CT molecular complexity index is 753. The molecule has 0 spiro atoms. The molecule has 0 atom stereocenters. The lowest BCUT2D eigenvalue weighted by Crippen LogP contribution is -2.19. The van der Waals surface area contributed by atoms with Gasteiger partial charge >= 0.3 is 6.03 Å². The van der Waals surface area contributed by atoms with Gasteiger partial charge in [-0.1, -0.05) is 0 Å². The summed E-state index contributed by atoms with van der Waals surface area (Å²) >= 11 is 0. The number of anilines is 2. The van der Waals surface area contributed by atoms with Gasteiger partial charge in [0.15, 0.2) is 5.65 Å². The first-order valence-electron chi connectivity index (χ1n) is 5.84. The molecule has 0 fully saturated rings. The van der Waals surface area contributed by atoms with Crippen molar-refractivity contribution < 1.29 is 9.18 Å². The number of rotatable bonds is 2. The monoisotopic (exact) mass is 271 g/mol. The van der Waals surface area contributed by atoms with Crippen molar-refractivity contribution in [2.75, 3.05) is 10.6 Å². The second kappa shape index (κ2) is 4.96. The molecule has 0 aliphatic rings. The SMILES string of the molecule is O=C(Nc1ccc(F)cc1)Nc1cccn2ncnc12. The molecule has 0 saturated carbocycles. The zero-order chi connectivity index (χ0) is 13.9. The number of nitrogens with one attached hydrogen (secondary N) is 2. The highest BCUT2D eigenvalue weighted by Gasteiger charge is 2.07. The van der Waals surface area contributed by atoms with E-state index in [9.17, 15) is 9.18 Å². The average molecular weight is 271 g/mol. The van der Waals surface area contributed by atoms with Gasteiger partial charge in [-0.3, -0.25) is 0 Å². The number of carbonyl (C=O) groups excluding carboxylic acids is 1. The van der Waals surface area contributed by atoms with E-state index in [4.69, 9.17) is 0 Å². The third-order valence-corrected chi connectivity index (χ3v) is 2.65. The number of fused-ring (bicyclic) bond motifs is 1. The maximum absolute atomic E-state index is 12.8. The molecule has 20 heavy (non-hydrogen) atoms. The molecular weight excluding hydrogens is 261 g/mol. The number of hydrogen-bond donors (Lipinski definition) is 2. The first-order chi connectivity index (χ1) is 9.72. The van der Waals surface area contributed by atoms with Crippen LogP contribution in [0.4, 0.5) is 20.6 Å². The molecule has 2 heterocycles. The first kappa shape index (κ1) is 12.1. The normalized spacial score (nSPS) is 10.4. The van der Waals surface area contributed by atoms with Crippen molar-refractivity contribution >= 4 is 23.1 Å². The summed E-state index contributed by atoms with van der Waals surface area (Å²) in [5.41, 5.74) is 1.57. The van der Waals surface area contributed by atoms with Crippen LogP contribution in [0, 0.1) is 5.82 Å². The fraction of sp³-hybridized carbons (Fsp3) is 0. The van der Waals surface area contributed by atoms with Gasteiger partial charge in [-0.05, 0) is 36.4 Å². The van der Waals surface area contributed by atoms with E-state index in [0.717, 1.165) is 0 Å². The zero-order valence-corrected chi connectivity index (χ0v) is 10.2. The molecule has 0 radical (unpaired) electrons. The van der Waals surface area contributed by atoms with Crippen LogP contribution in [0.3, 0.4) is 0 Å². The first-order valence-corrected chi connectivity index (χ1v) is 5.84. The van der Waals surface area contributed by atoms with E-state index in [1.165, 1.54) is 30.6 Å². The summed E-state index contributed by atoms with van der Waals surface area (Å²) < 4.78 is 14.3. The van der Waals surface area contributed by atoms with Crippen LogP contribution in [0.2, 0.25) is 0 Å². The number of nitrogens with zero attached hydrogens (tertiary/aromatic N) is 3. The minimum absolute atomic E-state index is 0.357. The number of pyridine rings is 1. The highest BCUT2D eigenvalue weighted by molar-refractivity contribution is 6.01. The Balaban J connectivity index is 1.76. The lowest BCUT2D eigenvalue weighted by Gasteiger charge is -2.08. The van der Waals surface area contributed by atoms with Crippen LogP contribution < -0.4 is 10.6 Å². The van der Waals surface area contributed by atoms with Crippen molar-refractivity contribution in [2.24, 2.45) is 0 Å². The molecule has 7 heteroatoms. The Morgan fingerprint density at radius 1 is 1.15 bits per heavy atom. The quantitative estimate of drug-likeness (QED) is 0.752. The molecule has 0 unspecified atom stereocenters. The molecule has 3 rings (SSSR count). The summed E-state index contributed by atoms with van der Waals surface area (Å²) in [4.78, 5) is 15.9. The van der Waals surface area contributed by atoms with E-state index in [2.05, 4.69) is 20.7 Å². The largest absolute Gasteiger partial charge is 0.323 e. The maximum Gasteiger partial charge on any atom is 0.323 e. The van der Waals surface area contributed by atoms with Crippen LogP contribution in [0.5, 0.6) is 0 Å². The number of carbonyl (C=O) groups is 1. The van der Waals surface area contributed by atoms with E-state index >= 15 is 0 Å². The highest BCUT2D eigenvalue weighted by Crippen LogP contribution is 2.14. The zero-order valence-electron chi connectivity index (χ0n) is 10.2. The van der Waals surface area contributed by atoms with E-state index in [1.54, 1.807) is 22.8 Å². The van der Waals surface area contributed by atoms with Gasteiger partial charge in [0.25, 0.3) is 0 Å². The third kappa shape index (κ3) is 2.41. The van der Waals surface area contributed by atoms with E-state index in [0.29, 0.717) is 17.0 Å². The number of urea groups is 1. The second-order valence-corrected chi connectivity index (χ2v) is 4.04. The smallest absolute Gasteiger partial charge is 0.308 e. The van der Waals surface area contributed by atoms with Crippen molar-refractivity contribution in [1.29, 1.82) is 0 Å². The predicted molar refractivity (Wildman–Crippen MR) is 72.0 cm³/mol. The molecule has 0 saturated heterocycles. The van der Waals surface area contributed by atoms with Gasteiger partial charge in [0.1, 0.15) is 12.1 Å². The Labute approximate surface area is 113 Å². The number of benzene rings is 1. The molecule has 100 valence electrons. The summed E-state index contributed by atoms with van der Waals surface area (Å²) in [5.74, 6) is -0.357. The van der Waals surface area contributed by atoms with E-state index < -0.39 is 6.03 Å². The third-order valence-electron chi connectivity index (χ3n) is 2.65. The Morgan fingerprint density at radius 2 is 1.95 bits per heavy atom. The van der Waals surface area contributed by atoms with E-state index in [1.807, 2.05) is 0 Å². The summed E-state index contributed by atoms with van der Waals surface area (Å²) in [6.07, 6.45) is 3.13. The summed E-state index contributed by atoms with van der Waals surface area (Å²) in [6.45, 7) is 0. The molecule has 2 amide bonds. The van der Waals surface area contributed by atoms with Gasteiger partial charge < -0.3 is 10.6 Å². The number of aromatic nitrogens is 3. The maximum atomic E-state index is 12.8. The van der Waals surface area contributed by atoms with Crippen LogP contribution in [0.1, 0.15) is 0 Å². The summed E-state index contributed by atoms with van der Waals surface area (Å²) in [7, 11) is 0. The highest BCUT2D eigenvalue weighted by atomic mass is 19.1. The molecule has 6 nitrogen and oxygen atoms in total. The Morgan fingerprint density at radius 3 is 2.75 bits per heavy atom. The van der Waals surface area contributed by atoms with Crippen LogP contribution in [-0.2, 0) is 0 Å². The lowest BCUT2D eigenvalue weighted by atomic mass is 10.3. The van der Waals surface area contributed by atoms with Crippen molar-refractivity contribution in [2.45, 2.75) is 0 Å². The minimum Gasteiger partial charge on any atom is -0.308 e. The molecule has 1 aromatic carbocycles. The molecular formula is C13H10FN5O. The van der Waals surface area contributed by atoms with Gasteiger partial charge in [-0.25, -0.2) is 18.7 Å².